The van der Waals surface area contributed by atoms with E-state index in [9.17, 15) is 18.0 Å². The Morgan fingerprint density at radius 2 is 1.90 bits per heavy atom. The van der Waals surface area contributed by atoms with Gasteiger partial charge in [-0.1, -0.05) is 37.3 Å². The first-order valence-electron chi connectivity index (χ1n) is 6.60. The zero-order valence-corrected chi connectivity index (χ0v) is 12.8. The van der Waals surface area contributed by atoms with Crippen LogP contribution >= 0.6 is 0 Å². The Kier molecular flexibility index (Phi) is 4.32. The monoisotopic (exact) mass is 310 g/mol. The first-order valence-corrected chi connectivity index (χ1v) is 8.56. The largest absolute Gasteiger partial charge is 0.350 e. The fourth-order valence-corrected chi connectivity index (χ4v) is 3.97. The molecule has 1 aliphatic rings. The third kappa shape index (κ3) is 3.41. The second kappa shape index (κ2) is 5.85. The normalized spacial score (nSPS) is 21.8. The average Bonchev–Trinajstić information content (AvgIpc) is 2.44. The van der Waals surface area contributed by atoms with E-state index >= 15 is 0 Å². The Hall–Kier alpha value is -1.89. The van der Waals surface area contributed by atoms with E-state index in [1.54, 1.807) is 6.92 Å². The predicted octanol–water partition coefficient (Wildman–Crippen LogP) is 0.152. The van der Waals surface area contributed by atoms with Gasteiger partial charge in [0.2, 0.25) is 11.8 Å². The second-order valence-corrected chi connectivity index (χ2v) is 7.38. The van der Waals surface area contributed by atoms with Crippen LogP contribution in [0.25, 0.3) is 0 Å². The Bertz CT molecular complexity index is 642. The quantitative estimate of drug-likeness (QED) is 0.785. The number of carbonyl (C=O) groups excluding carboxylic acids is 2. The molecule has 0 aromatic heterocycles. The molecule has 0 unspecified atom stereocenters. The zero-order chi connectivity index (χ0) is 15.6. The van der Waals surface area contributed by atoms with Gasteiger partial charge in [0.25, 0.3) is 0 Å². The zero-order valence-electron chi connectivity index (χ0n) is 11.9. The van der Waals surface area contributed by atoms with Crippen LogP contribution in [0.5, 0.6) is 0 Å². The van der Waals surface area contributed by atoms with Crippen molar-refractivity contribution < 1.29 is 18.0 Å². The Morgan fingerprint density at radius 3 is 2.48 bits per heavy atom. The van der Waals surface area contributed by atoms with E-state index in [-0.39, 0.29) is 18.4 Å². The minimum atomic E-state index is -3.38. The van der Waals surface area contributed by atoms with Crippen LogP contribution in [0.3, 0.4) is 0 Å². The van der Waals surface area contributed by atoms with Crippen LogP contribution in [0.15, 0.2) is 30.3 Å². The molecule has 0 radical (unpaired) electrons. The minimum Gasteiger partial charge on any atom is -0.350 e. The van der Waals surface area contributed by atoms with E-state index < -0.39 is 21.1 Å². The van der Waals surface area contributed by atoms with Crippen molar-refractivity contribution in [2.24, 2.45) is 5.92 Å². The number of hydrogen-bond acceptors (Lipinski definition) is 4. The Labute approximate surface area is 124 Å². The van der Waals surface area contributed by atoms with E-state index in [1.807, 2.05) is 30.3 Å². The van der Waals surface area contributed by atoms with Crippen LogP contribution in [0.2, 0.25) is 0 Å². The van der Waals surface area contributed by atoms with E-state index in [1.165, 1.54) is 0 Å². The number of nitrogens with zero attached hydrogens (tertiary/aromatic N) is 1. The van der Waals surface area contributed by atoms with Crippen molar-refractivity contribution in [1.82, 2.24) is 10.2 Å². The van der Waals surface area contributed by atoms with Gasteiger partial charge in [0.1, 0.15) is 11.9 Å². The molecule has 2 amide bonds. The highest BCUT2D eigenvalue weighted by Gasteiger charge is 2.50. The van der Waals surface area contributed by atoms with Crippen molar-refractivity contribution in [3.05, 3.63) is 35.9 Å². The van der Waals surface area contributed by atoms with Gasteiger partial charge < -0.3 is 10.2 Å². The standard InChI is InChI=1S/C14H18N2O4S/c1-10-13(18)16(14(10)21(2,19)20)9-12(17)15-8-11-6-4-3-5-7-11/h3-7,10,14H,8-9H2,1-2H3,(H,15,17)/t10-,14+/m1/s1. The molecule has 0 bridgehead atoms. The number of carbonyl (C=O) groups is 2. The summed E-state index contributed by atoms with van der Waals surface area (Å²) >= 11 is 0. The van der Waals surface area contributed by atoms with Crippen LogP contribution in [-0.2, 0) is 26.0 Å². The van der Waals surface area contributed by atoms with E-state index in [4.69, 9.17) is 0 Å². The molecule has 1 saturated heterocycles. The lowest BCUT2D eigenvalue weighted by Gasteiger charge is -2.43. The molecule has 114 valence electrons. The van der Waals surface area contributed by atoms with Gasteiger partial charge in [-0.3, -0.25) is 9.59 Å². The summed E-state index contributed by atoms with van der Waals surface area (Å²) in [6.07, 6.45) is 1.08. The van der Waals surface area contributed by atoms with Crippen molar-refractivity contribution in [2.75, 3.05) is 12.8 Å². The molecule has 6 nitrogen and oxygen atoms in total. The van der Waals surface area contributed by atoms with Crippen LogP contribution < -0.4 is 5.32 Å². The van der Waals surface area contributed by atoms with Gasteiger partial charge in [0.15, 0.2) is 9.84 Å². The van der Waals surface area contributed by atoms with Crippen LogP contribution in [0.4, 0.5) is 0 Å². The predicted molar refractivity (Wildman–Crippen MR) is 77.8 cm³/mol. The molecule has 21 heavy (non-hydrogen) atoms. The maximum Gasteiger partial charge on any atom is 0.239 e. The lowest BCUT2D eigenvalue weighted by atomic mass is 10.0. The van der Waals surface area contributed by atoms with Gasteiger partial charge in [-0.05, 0) is 5.56 Å². The minimum absolute atomic E-state index is 0.228. The lowest BCUT2D eigenvalue weighted by Crippen LogP contribution is -2.64. The number of hydrogen-bond donors (Lipinski definition) is 1. The number of amides is 2. The molecule has 0 saturated carbocycles. The summed E-state index contributed by atoms with van der Waals surface area (Å²) in [4.78, 5) is 24.7. The van der Waals surface area contributed by atoms with Crippen LogP contribution in [-0.4, -0.2) is 43.3 Å². The summed E-state index contributed by atoms with van der Waals surface area (Å²) < 4.78 is 23.2. The summed E-state index contributed by atoms with van der Waals surface area (Å²) in [5.41, 5.74) is 0.939. The van der Waals surface area contributed by atoms with Gasteiger partial charge in [0, 0.05) is 12.8 Å². The lowest BCUT2D eigenvalue weighted by molar-refractivity contribution is -0.152. The average molecular weight is 310 g/mol. The molecule has 1 aromatic rings. The molecule has 0 aliphatic carbocycles. The summed E-state index contributed by atoms with van der Waals surface area (Å²) in [6, 6.07) is 9.35. The van der Waals surface area contributed by atoms with E-state index in [0.717, 1.165) is 16.7 Å². The molecular formula is C14H18N2O4S. The summed E-state index contributed by atoms with van der Waals surface area (Å²) in [5, 5.41) is 1.78. The number of β-lactam (4-membered cyclic amide) rings is 1. The molecule has 1 fully saturated rings. The molecule has 1 aromatic carbocycles. The SMILES string of the molecule is C[C@@H]1C(=O)N(CC(=O)NCc2ccccc2)[C@H]1S(C)(=O)=O. The first-order chi connectivity index (χ1) is 9.80. The number of sulfone groups is 1. The molecule has 1 N–H and O–H groups in total. The summed E-state index contributed by atoms with van der Waals surface area (Å²) in [6.45, 7) is 1.68. The molecular weight excluding hydrogens is 292 g/mol. The highest BCUT2D eigenvalue weighted by Crippen LogP contribution is 2.29. The Morgan fingerprint density at radius 1 is 1.29 bits per heavy atom. The highest BCUT2D eigenvalue weighted by molar-refractivity contribution is 7.91. The summed E-state index contributed by atoms with van der Waals surface area (Å²) in [5.74, 6) is -1.25. The highest BCUT2D eigenvalue weighted by atomic mass is 32.2. The third-order valence-electron chi connectivity index (χ3n) is 3.49. The van der Waals surface area contributed by atoms with Gasteiger partial charge >= 0.3 is 0 Å². The molecule has 7 heteroatoms. The number of benzene rings is 1. The van der Waals surface area contributed by atoms with Gasteiger partial charge in [-0.25, -0.2) is 8.42 Å². The Balaban J connectivity index is 1.92. The molecule has 1 aliphatic heterocycles. The molecule has 0 spiro atoms. The van der Waals surface area contributed by atoms with Crippen molar-refractivity contribution in [3.63, 3.8) is 0 Å². The smallest absolute Gasteiger partial charge is 0.239 e. The van der Waals surface area contributed by atoms with Crippen LogP contribution in [0.1, 0.15) is 12.5 Å². The second-order valence-electron chi connectivity index (χ2n) is 5.24. The molecule has 2 rings (SSSR count). The van der Waals surface area contributed by atoms with Gasteiger partial charge in [0.05, 0.1) is 5.92 Å². The van der Waals surface area contributed by atoms with Crippen molar-refractivity contribution in [3.8, 4) is 0 Å². The summed E-state index contributed by atoms with van der Waals surface area (Å²) in [7, 11) is -3.38. The van der Waals surface area contributed by atoms with Crippen molar-refractivity contribution >= 4 is 21.7 Å². The van der Waals surface area contributed by atoms with Gasteiger partial charge in [-0.15, -0.1) is 0 Å². The molecule has 2 atom stereocenters. The maximum absolute atomic E-state index is 11.8. The number of rotatable bonds is 5. The fraction of sp³-hybridized carbons (Fsp3) is 0.429. The van der Waals surface area contributed by atoms with E-state index in [2.05, 4.69) is 5.32 Å². The number of likely N-dealkylation sites (tertiary alicyclic amines) is 1. The van der Waals surface area contributed by atoms with Crippen LogP contribution in [0, 0.1) is 5.92 Å². The van der Waals surface area contributed by atoms with Gasteiger partial charge in [-0.2, -0.15) is 0 Å². The third-order valence-corrected chi connectivity index (χ3v) is 5.03. The maximum atomic E-state index is 11.8. The number of nitrogens with one attached hydrogen (secondary N) is 1. The van der Waals surface area contributed by atoms with Crippen molar-refractivity contribution in [1.29, 1.82) is 0 Å². The topological polar surface area (TPSA) is 83.6 Å². The first kappa shape index (κ1) is 15.5. The fourth-order valence-electron chi connectivity index (χ4n) is 2.47. The molecule has 1 heterocycles. The van der Waals surface area contributed by atoms with Crippen molar-refractivity contribution in [2.45, 2.75) is 18.8 Å². The van der Waals surface area contributed by atoms with E-state index in [0.29, 0.717) is 6.54 Å².